The highest BCUT2D eigenvalue weighted by Gasteiger charge is 2.30. The number of aliphatic hydroxyl groups is 1. The van der Waals surface area contributed by atoms with Gasteiger partial charge < -0.3 is 33.8 Å². The Kier molecular flexibility index (Phi) is 70.3. The maximum absolute atomic E-state index is 13.1. The number of phosphoric ester groups is 2. The number of ether oxygens (including phenoxy) is 4. The van der Waals surface area contributed by atoms with Crippen LogP contribution in [0.4, 0.5) is 0 Å². The maximum atomic E-state index is 13.1. The first-order valence-corrected chi connectivity index (χ1v) is 44.5. The van der Waals surface area contributed by atoms with Crippen molar-refractivity contribution in [2.75, 3.05) is 39.6 Å². The lowest BCUT2D eigenvalue weighted by Gasteiger charge is -2.21. The highest BCUT2D eigenvalue weighted by Crippen LogP contribution is 2.45. The van der Waals surface area contributed by atoms with E-state index in [-0.39, 0.29) is 25.7 Å². The minimum Gasteiger partial charge on any atom is -0.462 e. The van der Waals surface area contributed by atoms with Crippen LogP contribution in [-0.4, -0.2) is 96.7 Å². The van der Waals surface area contributed by atoms with Gasteiger partial charge in [-0.05, 0) is 37.5 Å². The second-order valence-corrected chi connectivity index (χ2v) is 32.4. The summed E-state index contributed by atoms with van der Waals surface area (Å²) in [7, 11) is -9.91. The van der Waals surface area contributed by atoms with Crippen LogP contribution in [-0.2, 0) is 65.4 Å². The average molecular weight is 1450 g/mol. The third kappa shape index (κ3) is 72.8. The summed E-state index contributed by atoms with van der Waals surface area (Å²) in [5.41, 5.74) is 0. The van der Waals surface area contributed by atoms with Crippen molar-refractivity contribution < 1.29 is 80.2 Å². The van der Waals surface area contributed by atoms with Crippen molar-refractivity contribution in [3.63, 3.8) is 0 Å². The number of esters is 4. The van der Waals surface area contributed by atoms with Crippen LogP contribution in [0.15, 0.2) is 0 Å². The third-order valence-corrected chi connectivity index (χ3v) is 21.0. The fourth-order valence-electron chi connectivity index (χ4n) is 12.3. The SMILES string of the molecule is CCCCCCCCCCCCCCCCCCCCCCCCC(=O)O[C@H](COC(=O)CCCCCCCCCCCCCCCCC(C)C)COP(=O)(O)OC[C@@H](O)COP(=O)(O)OC[C@@H](COC(=O)CCCCCCCCCC)OC(=O)CCCCCCCCCCC(C)CC. The van der Waals surface area contributed by atoms with E-state index in [9.17, 15) is 43.2 Å². The van der Waals surface area contributed by atoms with Crippen molar-refractivity contribution in [3.8, 4) is 0 Å². The number of carbonyl (C=O) groups excluding carboxylic acids is 4. The molecule has 0 aliphatic heterocycles. The van der Waals surface area contributed by atoms with Crippen molar-refractivity contribution in [1.29, 1.82) is 0 Å². The van der Waals surface area contributed by atoms with Crippen molar-refractivity contribution >= 4 is 39.5 Å². The molecule has 99 heavy (non-hydrogen) atoms. The largest absolute Gasteiger partial charge is 0.472 e. The summed E-state index contributed by atoms with van der Waals surface area (Å²) in [6, 6.07) is 0. The van der Waals surface area contributed by atoms with E-state index in [2.05, 4.69) is 41.5 Å². The molecule has 0 heterocycles. The quantitative estimate of drug-likeness (QED) is 0.0222. The van der Waals surface area contributed by atoms with Crippen molar-refractivity contribution in [3.05, 3.63) is 0 Å². The molecule has 6 atom stereocenters. The lowest BCUT2D eigenvalue weighted by molar-refractivity contribution is -0.161. The highest BCUT2D eigenvalue weighted by molar-refractivity contribution is 7.47. The molecule has 17 nitrogen and oxygen atoms in total. The second-order valence-electron chi connectivity index (χ2n) is 29.5. The minimum absolute atomic E-state index is 0.105. The van der Waals surface area contributed by atoms with Crippen molar-refractivity contribution in [1.82, 2.24) is 0 Å². The number of unbranched alkanes of at least 4 members (excludes halogenated alkanes) is 48. The van der Waals surface area contributed by atoms with Gasteiger partial charge in [0.15, 0.2) is 12.2 Å². The molecule has 0 radical (unpaired) electrons. The molecule has 0 rings (SSSR count). The van der Waals surface area contributed by atoms with Crippen LogP contribution in [0.5, 0.6) is 0 Å². The van der Waals surface area contributed by atoms with Crippen molar-refractivity contribution in [2.45, 2.75) is 439 Å². The number of phosphoric acid groups is 2. The molecule has 0 aliphatic carbocycles. The first kappa shape index (κ1) is 97.1. The maximum Gasteiger partial charge on any atom is 0.472 e. The van der Waals surface area contributed by atoms with E-state index in [0.717, 1.165) is 108 Å². The van der Waals surface area contributed by atoms with Crippen LogP contribution in [0.1, 0.15) is 420 Å². The summed E-state index contributed by atoms with van der Waals surface area (Å²) in [6.07, 6.45) is 61.3. The lowest BCUT2D eigenvalue weighted by atomic mass is 9.99. The second kappa shape index (κ2) is 71.7. The number of rotatable bonds is 79. The molecule has 0 saturated heterocycles. The molecule has 0 aromatic heterocycles. The lowest BCUT2D eigenvalue weighted by Crippen LogP contribution is -2.30. The Balaban J connectivity index is 5.18. The van der Waals surface area contributed by atoms with E-state index in [4.69, 9.17) is 37.0 Å². The van der Waals surface area contributed by atoms with Gasteiger partial charge in [0.2, 0.25) is 0 Å². The molecule has 0 aromatic carbocycles. The van der Waals surface area contributed by atoms with Crippen LogP contribution in [0, 0.1) is 11.8 Å². The highest BCUT2D eigenvalue weighted by atomic mass is 31.2. The van der Waals surface area contributed by atoms with Crippen LogP contribution in [0.3, 0.4) is 0 Å². The van der Waals surface area contributed by atoms with Gasteiger partial charge in [-0.3, -0.25) is 37.3 Å². The fourth-order valence-corrected chi connectivity index (χ4v) is 13.9. The number of aliphatic hydroxyl groups excluding tert-OH is 1. The Morgan fingerprint density at radius 3 is 0.768 bits per heavy atom. The van der Waals surface area contributed by atoms with Gasteiger partial charge in [-0.2, -0.15) is 0 Å². The summed E-state index contributed by atoms with van der Waals surface area (Å²) in [5.74, 6) is -0.547. The Hall–Kier alpha value is -1.94. The van der Waals surface area contributed by atoms with Gasteiger partial charge >= 0.3 is 39.5 Å². The first-order chi connectivity index (χ1) is 47.9. The van der Waals surface area contributed by atoms with E-state index in [0.29, 0.717) is 25.7 Å². The van der Waals surface area contributed by atoms with Gasteiger partial charge in [-0.1, -0.05) is 369 Å². The molecular weight excluding hydrogens is 1290 g/mol. The molecule has 0 amide bonds. The fraction of sp³-hybridized carbons (Fsp3) is 0.950. The first-order valence-electron chi connectivity index (χ1n) is 41.5. The van der Waals surface area contributed by atoms with Gasteiger partial charge in [0.25, 0.3) is 0 Å². The summed E-state index contributed by atoms with van der Waals surface area (Å²) in [5, 5.41) is 10.6. The molecule has 19 heteroatoms. The van der Waals surface area contributed by atoms with Crippen LogP contribution < -0.4 is 0 Å². The van der Waals surface area contributed by atoms with Crippen LogP contribution >= 0.6 is 15.6 Å². The zero-order valence-electron chi connectivity index (χ0n) is 64.8. The van der Waals surface area contributed by atoms with Crippen LogP contribution in [0.25, 0.3) is 0 Å². The Bertz CT molecular complexity index is 1910. The third-order valence-electron chi connectivity index (χ3n) is 19.1. The van der Waals surface area contributed by atoms with E-state index in [1.807, 2.05) is 0 Å². The molecule has 0 saturated carbocycles. The number of hydrogen-bond donors (Lipinski definition) is 3. The summed E-state index contributed by atoms with van der Waals surface area (Å²) in [4.78, 5) is 72.8. The van der Waals surface area contributed by atoms with E-state index in [1.165, 1.54) is 231 Å². The minimum atomic E-state index is -4.96. The predicted octanol–water partition coefficient (Wildman–Crippen LogP) is 23.9. The van der Waals surface area contributed by atoms with Gasteiger partial charge in [-0.25, -0.2) is 9.13 Å². The van der Waals surface area contributed by atoms with Crippen LogP contribution in [0.2, 0.25) is 0 Å². The Morgan fingerprint density at radius 2 is 0.515 bits per heavy atom. The summed E-state index contributed by atoms with van der Waals surface area (Å²) in [6.45, 7) is 9.61. The Morgan fingerprint density at radius 1 is 0.293 bits per heavy atom. The van der Waals surface area contributed by atoms with Gasteiger partial charge in [0.1, 0.15) is 19.3 Å². The normalized spacial score (nSPS) is 14.2. The molecule has 588 valence electrons. The summed E-state index contributed by atoms with van der Waals surface area (Å²) >= 11 is 0. The topological polar surface area (TPSA) is 237 Å². The zero-order valence-corrected chi connectivity index (χ0v) is 66.6. The molecule has 3 unspecified atom stereocenters. The molecule has 0 aromatic rings. The van der Waals surface area contributed by atoms with Crippen molar-refractivity contribution in [2.24, 2.45) is 11.8 Å². The molecule has 0 spiro atoms. The zero-order chi connectivity index (χ0) is 72.8. The smallest absolute Gasteiger partial charge is 0.462 e. The average Bonchev–Trinajstić information content (AvgIpc) is 1.04. The monoisotopic (exact) mass is 1450 g/mol. The van der Waals surface area contributed by atoms with E-state index < -0.39 is 97.5 Å². The molecule has 3 N–H and O–H groups in total. The molecule has 0 bridgehead atoms. The van der Waals surface area contributed by atoms with E-state index >= 15 is 0 Å². The number of hydrogen-bond acceptors (Lipinski definition) is 15. The predicted molar refractivity (Wildman–Crippen MR) is 405 cm³/mol. The van der Waals surface area contributed by atoms with Gasteiger partial charge in [-0.15, -0.1) is 0 Å². The van der Waals surface area contributed by atoms with Gasteiger partial charge in [0, 0.05) is 25.7 Å². The molecular formula is C80H156O17P2. The summed E-state index contributed by atoms with van der Waals surface area (Å²) < 4.78 is 68.6. The standard InChI is InChI=1S/C80H156O17P2/c1-7-10-12-14-16-18-19-20-21-22-23-24-25-26-27-28-33-36-39-46-52-58-64-79(84)96-76(69-91-78(83)63-57-51-45-38-35-32-30-29-31-34-37-42-48-54-60-72(4)5)71-95-99(88,89)93-67-74(81)66-92-98(86,87)94-70-75(68-90-77(82)62-56-50-44-17-15-13-11-8-2)97-80(85)65-59-53-47-41-40-43-49-55-61-73(6)9-3/h72-76,81H,7-71H2,1-6H3,(H,86,87)(H,88,89)/t73?,74-,75+,76+/m0/s1. The van der Waals surface area contributed by atoms with E-state index in [1.54, 1.807) is 0 Å². The van der Waals surface area contributed by atoms with Gasteiger partial charge in [0.05, 0.1) is 26.4 Å². The molecule has 0 fully saturated rings. The molecule has 0 aliphatic rings. The Labute approximate surface area is 607 Å². The number of carbonyl (C=O) groups is 4.